The van der Waals surface area contributed by atoms with Gasteiger partial charge in [0.15, 0.2) is 0 Å². The maximum absolute atomic E-state index is 13.1. The van der Waals surface area contributed by atoms with Gasteiger partial charge in [0.05, 0.1) is 5.41 Å². The van der Waals surface area contributed by atoms with Crippen molar-refractivity contribution in [3.8, 4) is 0 Å². The molecular weight excluding hydrogens is 356 g/mol. The van der Waals surface area contributed by atoms with Crippen molar-refractivity contribution in [1.82, 2.24) is 10.2 Å². The zero-order valence-electron chi connectivity index (χ0n) is 15.7. The molecule has 4 rings (SSSR count). The molecule has 1 saturated heterocycles. The van der Waals surface area contributed by atoms with Gasteiger partial charge in [0.1, 0.15) is 0 Å². The van der Waals surface area contributed by atoms with E-state index in [1.165, 1.54) is 5.56 Å². The summed E-state index contributed by atoms with van der Waals surface area (Å²) >= 11 is 6.02. The van der Waals surface area contributed by atoms with E-state index in [0.29, 0.717) is 0 Å². The van der Waals surface area contributed by atoms with E-state index in [2.05, 4.69) is 40.5 Å². The van der Waals surface area contributed by atoms with Crippen LogP contribution in [-0.2, 0) is 16.8 Å². The topological polar surface area (TPSA) is 32.3 Å². The van der Waals surface area contributed by atoms with Crippen LogP contribution in [0, 0.1) is 0 Å². The molecule has 0 bridgehead atoms. The van der Waals surface area contributed by atoms with E-state index in [4.69, 9.17) is 11.6 Å². The van der Waals surface area contributed by atoms with E-state index in [0.717, 1.165) is 62.3 Å². The number of hydrogen-bond acceptors (Lipinski definition) is 2. The second-order valence-corrected chi connectivity index (χ2v) is 8.39. The van der Waals surface area contributed by atoms with Crippen LogP contribution in [0.2, 0.25) is 5.02 Å². The third kappa shape index (κ3) is 4.04. The summed E-state index contributed by atoms with van der Waals surface area (Å²) in [5, 5.41) is 4.08. The van der Waals surface area contributed by atoms with E-state index < -0.39 is 0 Å². The highest BCUT2D eigenvalue weighted by molar-refractivity contribution is 6.30. The van der Waals surface area contributed by atoms with Gasteiger partial charge in [-0.1, -0.05) is 60.5 Å². The van der Waals surface area contributed by atoms with Crippen molar-refractivity contribution in [1.29, 1.82) is 0 Å². The number of nitrogens with zero attached hydrogens (tertiary/aromatic N) is 1. The van der Waals surface area contributed by atoms with Gasteiger partial charge in [-0.2, -0.15) is 0 Å². The highest BCUT2D eigenvalue weighted by Gasteiger charge is 2.46. The SMILES string of the molecule is O=C(NC1CCN(Cc2ccccc2)CC1)C1(c2ccc(Cl)cc2)CCC1. The molecule has 0 spiro atoms. The minimum Gasteiger partial charge on any atom is -0.353 e. The Kier molecular flexibility index (Phi) is 5.51. The number of carbonyl (C=O) groups excluding carboxylic acids is 1. The van der Waals surface area contributed by atoms with Gasteiger partial charge in [-0.3, -0.25) is 9.69 Å². The highest BCUT2D eigenvalue weighted by Crippen LogP contribution is 2.44. The van der Waals surface area contributed by atoms with Crippen LogP contribution >= 0.6 is 11.6 Å². The number of hydrogen-bond donors (Lipinski definition) is 1. The van der Waals surface area contributed by atoms with E-state index in [-0.39, 0.29) is 17.4 Å². The number of likely N-dealkylation sites (tertiary alicyclic amines) is 1. The van der Waals surface area contributed by atoms with Crippen LogP contribution < -0.4 is 5.32 Å². The lowest BCUT2D eigenvalue weighted by atomic mass is 9.63. The van der Waals surface area contributed by atoms with Gasteiger partial charge >= 0.3 is 0 Å². The summed E-state index contributed by atoms with van der Waals surface area (Å²) in [5.41, 5.74) is 2.12. The van der Waals surface area contributed by atoms with Crippen LogP contribution in [0.3, 0.4) is 0 Å². The first-order valence-corrected chi connectivity index (χ1v) is 10.4. The van der Waals surface area contributed by atoms with Crippen molar-refractivity contribution in [3.05, 3.63) is 70.7 Å². The molecule has 1 saturated carbocycles. The molecule has 3 nitrogen and oxygen atoms in total. The summed E-state index contributed by atoms with van der Waals surface area (Å²) in [6.45, 7) is 3.07. The fourth-order valence-electron chi connectivity index (χ4n) is 4.35. The summed E-state index contributed by atoms with van der Waals surface area (Å²) in [6, 6.07) is 18.7. The predicted molar refractivity (Wildman–Crippen MR) is 110 cm³/mol. The van der Waals surface area contributed by atoms with Crippen molar-refractivity contribution in [2.24, 2.45) is 0 Å². The molecule has 0 unspecified atom stereocenters. The summed E-state index contributed by atoms with van der Waals surface area (Å²) < 4.78 is 0. The van der Waals surface area contributed by atoms with Crippen molar-refractivity contribution in [2.45, 2.75) is 50.1 Å². The van der Waals surface area contributed by atoms with Crippen LogP contribution in [0.1, 0.15) is 43.2 Å². The number of carbonyl (C=O) groups is 1. The van der Waals surface area contributed by atoms with E-state index >= 15 is 0 Å². The molecule has 0 radical (unpaired) electrons. The van der Waals surface area contributed by atoms with Gasteiger partial charge in [-0.15, -0.1) is 0 Å². The molecule has 1 aliphatic carbocycles. The molecule has 1 N–H and O–H groups in total. The summed E-state index contributed by atoms with van der Waals surface area (Å²) in [5.74, 6) is 0.206. The lowest BCUT2D eigenvalue weighted by Crippen LogP contribution is -2.54. The van der Waals surface area contributed by atoms with Crippen LogP contribution in [0.25, 0.3) is 0 Å². The maximum atomic E-state index is 13.1. The van der Waals surface area contributed by atoms with Gasteiger partial charge in [-0.25, -0.2) is 0 Å². The minimum atomic E-state index is -0.342. The zero-order chi connectivity index (χ0) is 18.7. The molecule has 0 aromatic heterocycles. The minimum absolute atomic E-state index is 0.206. The molecule has 2 aliphatic rings. The Balaban J connectivity index is 1.33. The first kappa shape index (κ1) is 18.5. The van der Waals surface area contributed by atoms with Crippen molar-refractivity contribution < 1.29 is 4.79 Å². The molecule has 1 amide bonds. The fraction of sp³-hybridized carbons (Fsp3) is 0.435. The highest BCUT2D eigenvalue weighted by atomic mass is 35.5. The summed E-state index contributed by atoms with van der Waals surface area (Å²) in [4.78, 5) is 15.6. The molecule has 0 atom stereocenters. The molecule has 4 heteroatoms. The van der Waals surface area contributed by atoms with Gasteiger partial charge in [0.25, 0.3) is 0 Å². The first-order chi connectivity index (χ1) is 13.2. The van der Waals surface area contributed by atoms with Crippen molar-refractivity contribution in [2.75, 3.05) is 13.1 Å². The first-order valence-electron chi connectivity index (χ1n) is 9.99. The van der Waals surface area contributed by atoms with Crippen LogP contribution in [0.5, 0.6) is 0 Å². The Morgan fingerprint density at radius 1 is 1.04 bits per heavy atom. The normalized spacial score (nSPS) is 20.0. The summed E-state index contributed by atoms with van der Waals surface area (Å²) in [7, 11) is 0. The van der Waals surface area contributed by atoms with E-state index in [1.807, 2.05) is 24.3 Å². The van der Waals surface area contributed by atoms with Gasteiger partial charge < -0.3 is 5.32 Å². The number of rotatable bonds is 5. The predicted octanol–water partition coefficient (Wildman–Crippen LogP) is 4.54. The maximum Gasteiger partial charge on any atom is 0.230 e. The second-order valence-electron chi connectivity index (χ2n) is 7.95. The molecule has 2 aromatic rings. The number of nitrogens with one attached hydrogen (secondary N) is 1. The smallest absolute Gasteiger partial charge is 0.230 e. The van der Waals surface area contributed by atoms with Gasteiger partial charge in [0.2, 0.25) is 5.91 Å². The Hall–Kier alpha value is -1.84. The van der Waals surface area contributed by atoms with E-state index in [1.54, 1.807) is 0 Å². The molecule has 2 aromatic carbocycles. The second kappa shape index (κ2) is 8.04. The molecule has 27 heavy (non-hydrogen) atoms. The lowest BCUT2D eigenvalue weighted by molar-refractivity contribution is -0.131. The largest absolute Gasteiger partial charge is 0.353 e. The van der Waals surface area contributed by atoms with Gasteiger partial charge in [-0.05, 0) is 48.9 Å². The quantitative estimate of drug-likeness (QED) is 0.823. The monoisotopic (exact) mass is 382 g/mol. The average Bonchev–Trinajstić information content (AvgIpc) is 2.65. The zero-order valence-corrected chi connectivity index (χ0v) is 16.4. The molecular formula is C23H27ClN2O. The molecule has 1 aliphatic heterocycles. The Bertz CT molecular complexity index is 763. The summed E-state index contributed by atoms with van der Waals surface area (Å²) in [6.07, 6.45) is 5.04. The third-order valence-electron chi connectivity index (χ3n) is 6.21. The molecule has 2 fully saturated rings. The van der Waals surface area contributed by atoms with Crippen LogP contribution in [0.4, 0.5) is 0 Å². The Morgan fingerprint density at radius 2 is 1.70 bits per heavy atom. The van der Waals surface area contributed by atoms with Gasteiger partial charge in [0, 0.05) is 30.7 Å². The van der Waals surface area contributed by atoms with Crippen molar-refractivity contribution >= 4 is 17.5 Å². The lowest BCUT2D eigenvalue weighted by Gasteiger charge is -2.42. The molecule has 1 heterocycles. The Labute approximate surface area is 166 Å². The number of benzene rings is 2. The van der Waals surface area contributed by atoms with Crippen LogP contribution in [0.15, 0.2) is 54.6 Å². The standard InChI is InChI=1S/C23H27ClN2O/c24-20-9-7-19(8-10-20)23(13-4-14-23)22(27)25-21-11-15-26(16-12-21)17-18-5-2-1-3-6-18/h1-3,5-10,21H,4,11-17H2,(H,25,27). The van der Waals surface area contributed by atoms with E-state index in [9.17, 15) is 4.79 Å². The third-order valence-corrected chi connectivity index (χ3v) is 6.46. The Morgan fingerprint density at radius 3 is 2.30 bits per heavy atom. The van der Waals surface area contributed by atoms with Crippen molar-refractivity contribution in [3.63, 3.8) is 0 Å². The fourth-order valence-corrected chi connectivity index (χ4v) is 4.47. The molecule has 142 valence electrons. The average molecular weight is 383 g/mol. The number of amides is 1. The van der Waals surface area contributed by atoms with Crippen LogP contribution in [-0.4, -0.2) is 29.9 Å². The number of piperidine rings is 1. The number of halogens is 1.